The molecule has 1 aliphatic rings. The first-order valence-electron chi connectivity index (χ1n) is 10.6. The van der Waals surface area contributed by atoms with E-state index in [0.717, 1.165) is 37.2 Å². The highest BCUT2D eigenvalue weighted by atomic mass is 32.2. The molecule has 1 heterocycles. The van der Waals surface area contributed by atoms with Crippen LogP contribution in [0.4, 0.5) is 0 Å². The number of piperidine rings is 1. The van der Waals surface area contributed by atoms with Crippen LogP contribution in [0.3, 0.4) is 0 Å². The number of carbonyl (C=O) groups excluding carboxylic acids is 1. The van der Waals surface area contributed by atoms with E-state index in [1.807, 2.05) is 37.3 Å². The third kappa shape index (κ3) is 6.39. The van der Waals surface area contributed by atoms with Crippen LogP contribution in [0.25, 0.3) is 0 Å². The van der Waals surface area contributed by atoms with Crippen LogP contribution < -0.4 is 10.0 Å². The summed E-state index contributed by atoms with van der Waals surface area (Å²) in [5.74, 6) is -0.230. The van der Waals surface area contributed by atoms with Crippen LogP contribution in [0.2, 0.25) is 0 Å². The Kier molecular flexibility index (Phi) is 8.01. The zero-order valence-corrected chi connectivity index (χ0v) is 18.4. The number of rotatable bonds is 9. The monoisotopic (exact) mass is 429 g/mol. The molecule has 0 bridgehead atoms. The summed E-state index contributed by atoms with van der Waals surface area (Å²) in [6.45, 7) is 5.87. The number of benzene rings is 2. The highest BCUT2D eigenvalue weighted by molar-refractivity contribution is 7.89. The van der Waals surface area contributed by atoms with E-state index >= 15 is 0 Å². The second-order valence-electron chi connectivity index (χ2n) is 7.80. The summed E-state index contributed by atoms with van der Waals surface area (Å²) in [7, 11) is -3.71. The van der Waals surface area contributed by atoms with Crippen LogP contribution in [0, 0.1) is 6.92 Å². The van der Waals surface area contributed by atoms with Crippen LogP contribution in [-0.2, 0) is 16.6 Å². The number of nitrogens with zero attached hydrogens (tertiary/aromatic N) is 1. The van der Waals surface area contributed by atoms with Gasteiger partial charge in [0.1, 0.15) is 0 Å². The lowest BCUT2D eigenvalue weighted by Crippen LogP contribution is -2.33. The Morgan fingerprint density at radius 3 is 2.50 bits per heavy atom. The van der Waals surface area contributed by atoms with E-state index < -0.39 is 10.0 Å². The van der Waals surface area contributed by atoms with E-state index in [1.54, 1.807) is 6.07 Å². The summed E-state index contributed by atoms with van der Waals surface area (Å²) >= 11 is 0. The van der Waals surface area contributed by atoms with Crippen LogP contribution >= 0.6 is 0 Å². The number of carbonyl (C=O) groups is 1. The number of hydrogen-bond donors (Lipinski definition) is 2. The number of amides is 1. The smallest absolute Gasteiger partial charge is 0.251 e. The first-order chi connectivity index (χ1) is 14.5. The van der Waals surface area contributed by atoms with Gasteiger partial charge < -0.3 is 10.2 Å². The lowest BCUT2D eigenvalue weighted by atomic mass is 10.1. The van der Waals surface area contributed by atoms with E-state index in [4.69, 9.17) is 0 Å². The van der Waals surface area contributed by atoms with E-state index in [1.165, 1.54) is 31.4 Å². The molecule has 1 aliphatic heterocycles. The predicted octanol–water partition coefficient (Wildman–Crippen LogP) is 3.08. The second kappa shape index (κ2) is 10.7. The molecule has 0 aliphatic carbocycles. The van der Waals surface area contributed by atoms with Gasteiger partial charge in [-0.15, -0.1) is 0 Å². The van der Waals surface area contributed by atoms with Gasteiger partial charge in [0.15, 0.2) is 0 Å². The molecule has 2 N–H and O–H groups in total. The van der Waals surface area contributed by atoms with Crippen molar-refractivity contribution in [1.29, 1.82) is 0 Å². The Morgan fingerprint density at radius 2 is 1.77 bits per heavy atom. The van der Waals surface area contributed by atoms with Crippen LogP contribution in [0.5, 0.6) is 0 Å². The van der Waals surface area contributed by atoms with E-state index in [9.17, 15) is 13.2 Å². The third-order valence-electron chi connectivity index (χ3n) is 5.46. The largest absolute Gasteiger partial charge is 0.352 e. The normalized spacial score (nSPS) is 15.1. The van der Waals surface area contributed by atoms with Gasteiger partial charge in [-0.25, -0.2) is 13.1 Å². The highest BCUT2D eigenvalue weighted by Gasteiger charge is 2.18. The summed E-state index contributed by atoms with van der Waals surface area (Å²) < 4.78 is 28.0. The first kappa shape index (κ1) is 22.5. The summed E-state index contributed by atoms with van der Waals surface area (Å²) in [6, 6.07) is 14.0. The van der Waals surface area contributed by atoms with Gasteiger partial charge in [0, 0.05) is 18.7 Å². The molecule has 3 rings (SSSR count). The predicted molar refractivity (Wildman–Crippen MR) is 119 cm³/mol. The van der Waals surface area contributed by atoms with Gasteiger partial charge in [-0.05, 0) is 69.1 Å². The summed E-state index contributed by atoms with van der Waals surface area (Å²) in [5, 5.41) is 2.94. The zero-order valence-electron chi connectivity index (χ0n) is 17.6. The molecule has 1 saturated heterocycles. The third-order valence-corrected chi connectivity index (χ3v) is 6.86. The standard InChI is InChI=1S/C23H31N3O3S/c1-19-11-12-21(30(28,29)25-18-20-9-4-2-5-10-20)17-22(19)23(27)24-13-8-16-26-14-6-3-7-15-26/h2,4-5,9-12,17,25H,3,6-8,13-16,18H2,1H3,(H,24,27). The Bertz CT molecular complexity index is 939. The molecule has 7 heteroatoms. The molecule has 0 aromatic heterocycles. The topological polar surface area (TPSA) is 78.5 Å². The van der Waals surface area contributed by atoms with Gasteiger partial charge in [0.25, 0.3) is 5.91 Å². The van der Waals surface area contributed by atoms with Gasteiger partial charge in [-0.3, -0.25) is 4.79 Å². The molecule has 2 aromatic rings. The lowest BCUT2D eigenvalue weighted by Gasteiger charge is -2.26. The molecular weight excluding hydrogens is 398 g/mol. The van der Waals surface area contributed by atoms with Gasteiger partial charge in [-0.1, -0.05) is 42.8 Å². The number of nitrogens with one attached hydrogen (secondary N) is 2. The minimum atomic E-state index is -3.71. The number of likely N-dealkylation sites (tertiary alicyclic amines) is 1. The molecule has 0 unspecified atom stereocenters. The molecule has 6 nitrogen and oxygen atoms in total. The van der Waals surface area contributed by atoms with Gasteiger partial charge >= 0.3 is 0 Å². The molecule has 1 fully saturated rings. The fourth-order valence-corrected chi connectivity index (χ4v) is 4.70. The van der Waals surface area contributed by atoms with Gasteiger partial charge in [-0.2, -0.15) is 0 Å². The van der Waals surface area contributed by atoms with Crippen molar-refractivity contribution in [3.05, 3.63) is 65.2 Å². The van der Waals surface area contributed by atoms with Crippen LogP contribution in [0.1, 0.15) is 47.2 Å². The Morgan fingerprint density at radius 1 is 1.03 bits per heavy atom. The van der Waals surface area contributed by atoms with Crippen molar-refractivity contribution in [3.63, 3.8) is 0 Å². The molecule has 1 amide bonds. The Hall–Kier alpha value is -2.22. The van der Waals surface area contributed by atoms with Crippen LogP contribution in [0.15, 0.2) is 53.4 Å². The first-order valence-corrected chi connectivity index (χ1v) is 12.1. The number of hydrogen-bond acceptors (Lipinski definition) is 4. The van der Waals surface area contributed by atoms with Crippen LogP contribution in [-0.4, -0.2) is 45.4 Å². The van der Waals surface area contributed by atoms with Crippen molar-refractivity contribution in [1.82, 2.24) is 14.9 Å². The Labute approximate surface area is 179 Å². The number of sulfonamides is 1. The van der Waals surface area contributed by atoms with Crippen molar-refractivity contribution in [2.24, 2.45) is 0 Å². The molecule has 0 radical (unpaired) electrons. The maximum absolute atomic E-state index is 12.7. The lowest BCUT2D eigenvalue weighted by molar-refractivity contribution is 0.0950. The van der Waals surface area contributed by atoms with Crippen molar-refractivity contribution >= 4 is 15.9 Å². The fraction of sp³-hybridized carbons (Fsp3) is 0.435. The average molecular weight is 430 g/mol. The van der Waals surface area contributed by atoms with E-state index in [0.29, 0.717) is 12.1 Å². The van der Waals surface area contributed by atoms with E-state index in [2.05, 4.69) is 14.9 Å². The molecule has 0 spiro atoms. The quantitative estimate of drug-likeness (QED) is 0.601. The number of aryl methyl sites for hydroxylation is 1. The van der Waals surface area contributed by atoms with Gasteiger partial charge in [0.05, 0.1) is 4.90 Å². The molecule has 0 saturated carbocycles. The molecule has 0 atom stereocenters. The second-order valence-corrected chi connectivity index (χ2v) is 9.57. The van der Waals surface area contributed by atoms with Crippen molar-refractivity contribution in [3.8, 4) is 0 Å². The minimum absolute atomic E-state index is 0.0995. The fourth-order valence-electron chi connectivity index (χ4n) is 3.65. The minimum Gasteiger partial charge on any atom is -0.352 e. The maximum Gasteiger partial charge on any atom is 0.251 e. The van der Waals surface area contributed by atoms with Crippen molar-refractivity contribution < 1.29 is 13.2 Å². The molecule has 2 aromatic carbocycles. The van der Waals surface area contributed by atoms with Crippen molar-refractivity contribution in [2.75, 3.05) is 26.2 Å². The highest BCUT2D eigenvalue weighted by Crippen LogP contribution is 2.16. The molecular formula is C23H31N3O3S. The SMILES string of the molecule is Cc1ccc(S(=O)(=O)NCc2ccccc2)cc1C(=O)NCCCN1CCCCC1. The van der Waals surface area contributed by atoms with E-state index in [-0.39, 0.29) is 17.3 Å². The van der Waals surface area contributed by atoms with Crippen molar-refractivity contribution in [2.45, 2.75) is 44.0 Å². The summed E-state index contributed by atoms with van der Waals surface area (Å²) in [4.78, 5) is 15.2. The summed E-state index contributed by atoms with van der Waals surface area (Å²) in [5.41, 5.74) is 2.03. The molecule has 162 valence electrons. The zero-order chi connectivity index (χ0) is 21.4. The summed E-state index contributed by atoms with van der Waals surface area (Å²) in [6.07, 6.45) is 4.71. The molecule has 30 heavy (non-hydrogen) atoms. The maximum atomic E-state index is 12.7. The Balaban J connectivity index is 1.57. The van der Waals surface area contributed by atoms with Gasteiger partial charge in [0.2, 0.25) is 10.0 Å². The average Bonchev–Trinajstić information content (AvgIpc) is 2.77.